The zero-order valence-electron chi connectivity index (χ0n) is 15.0. The molecule has 0 spiro atoms. The van der Waals surface area contributed by atoms with Gasteiger partial charge in [0.05, 0.1) is 12.2 Å². The lowest BCUT2D eigenvalue weighted by molar-refractivity contribution is -0.137. The Hall–Kier alpha value is -2.08. The maximum absolute atomic E-state index is 12.2. The fourth-order valence-electron chi connectivity index (χ4n) is 4.08. The molecule has 2 aliphatic rings. The van der Waals surface area contributed by atoms with Crippen LogP contribution < -0.4 is 10.6 Å². The van der Waals surface area contributed by atoms with E-state index in [0.717, 1.165) is 24.8 Å². The summed E-state index contributed by atoms with van der Waals surface area (Å²) in [7, 11) is 0. The van der Waals surface area contributed by atoms with Gasteiger partial charge in [0.15, 0.2) is 0 Å². The van der Waals surface area contributed by atoms with Gasteiger partial charge in [-0.05, 0) is 50.0 Å². The molecule has 142 valence electrons. The lowest BCUT2D eigenvalue weighted by Gasteiger charge is -2.21. The molecule has 2 saturated heterocycles. The first-order valence-electron chi connectivity index (χ1n) is 9.55. The quantitative estimate of drug-likeness (QED) is 0.632. The Bertz CT molecular complexity index is 607. The largest absolute Gasteiger partial charge is 0.481 e. The number of amides is 2. The molecule has 4 atom stereocenters. The fraction of sp³-hybridized carbons (Fsp3) is 0.600. The minimum Gasteiger partial charge on any atom is -0.481 e. The second kappa shape index (κ2) is 9.03. The van der Waals surface area contributed by atoms with E-state index in [0.29, 0.717) is 37.5 Å². The second-order valence-electron chi connectivity index (χ2n) is 7.38. The minimum atomic E-state index is -0.846. The fourth-order valence-corrected chi connectivity index (χ4v) is 4.08. The third-order valence-corrected chi connectivity index (χ3v) is 5.40. The summed E-state index contributed by atoms with van der Waals surface area (Å²) in [5.74, 6) is -0.289. The molecule has 4 unspecified atom stereocenters. The van der Waals surface area contributed by atoms with Gasteiger partial charge in [0.1, 0.15) is 0 Å². The van der Waals surface area contributed by atoms with E-state index in [1.54, 1.807) is 0 Å². The molecule has 2 bridgehead atoms. The molecule has 26 heavy (non-hydrogen) atoms. The Morgan fingerprint density at radius 3 is 2.69 bits per heavy atom. The zero-order chi connectivity index (χ0) is 18.4. The van der Waals surface area contributed by atoms with Crippen LogP contribution in [0.3, 0.4) is 0 Å². The van der Waals surface area contributed by atoms with Crippen LogP contribution in [0.5, 0.6) is 0 Å². The molecule has 2 heterocycles. The van der Waals surface area contributed by atoms with Crippen molar-refractivity contribution in [1.29, 1.82) is 0 Å². The third-order valence-electron chi connectivity index (χ3n) is 5.40. The van der Waals surface area contributed by atoms with E-state index in [2.05, 4.69) is 10.6 Å². The van der Waals surface area contributed by atoms with Crippen molar-refractivity contribution in [2.75, 3.05) is 6.54 Å². The number of hydrogen-bond acceptors (Lipinski definition) is 3. The molecule has 2 amide bonds. The van der Waals surface area contributed by atoms with Crippen LogP contribution in [-0.4, -0.2) is 41.9 Å². The minimum absolute atomic E-state index is 0.0419. The van der Waals surface area contributed by atoms with E-state index in [-0.39, 0.29) is 18.5 Å². The SMILES string of the molecule is O=C(O)CCC(Cc1ccccc1)NC(=O)NCCC1CC2CCC1O2. The number of carbonyl (C=O) groups is 2. The maximum Gasteiger partial charge on any atom is 0.315 e. The van der Waals surface area contributed by atoms with Gasteiger partial charge in [0.25, 0.3) is 0 Å². The number of carboxylic acids is 1. The predicted octanol–water partition coefficient (Wildman–Crippen LogP) is 2.72. The van der Waals surface area contributed by atoms with Crippen molar-refractivity contribution in [3.8, 4) is 0 Å². The monoisotopic (exact) mass is 360 g/mol. The first-order valence-corrected chi connectivity index (χ1v) is 9.55. The zero-order valence-corrected chi connectivity index (χ0v) is 15.0. The highest BCUT2D eigenvalue weighted by Gasteiger charge is 2.40. The predicted molar refractivity (Wildman–Crippen MR) is 98.0 cm³/mol. The molecular weight excluding hydrogens is 332 g/mol. The van der Waals surface area contributed by atoms with Gasteiger partial charge < -0.3 is 20.5 Å². The van der Waals surface area contributed by atoms with Crippen molar-refractivity contribution < 1.29 is 19.4 Å². The van der Waals surface area contributed by atoms with Crippen LogP contribution in [0.2, 0.25) is 0 Å². The molecule has 1 aromatic carbocycles. The van der Waals surface area contributed by atoms with Gasteiger partial charge in [0.2, 0.25) is 0 Å². The van der Waals surface area contributed by atoms with Crippen molar-refractivity contribution in [3.05, 3.63) is 35.9 Å². The number of fused-ring (bicyclic) bond motifs is 2. The summed E-state index contributed by atoms with van der Waals surface area (Å²) in [4.78, 5) is 23.1. The Labute approximate surface area is 154 Å². The highest BCUT2D eigenvalue weighted by molar-refractivity contribution is 5.74. The van der Waals surface area contributed by atoms with Crippen LogP contribution >= 0.6 is 0 Å². The number of aliphatic carboxylic acids is 1. The van der Waals surface area contributed by atoms with Crippen molar-refractivity contribution in [2.45, 2.75) is 63.2 Å². The third kappa shape index (κ3) is 5.46. The molecule has 6 heteroatoms. The van der Waals surface area contributed by atoms with Crippen LogP contribution in [0.15, 0.2) is 30.3 Å². The van der Waals surface area contributed by atoms with Gasteiger partial charge in [0, 0.05) is 19.0 Å². The molecule has 0 aliphatic carbocycles. The van der Waals surface area contributed by atoms with Crippen molar-refractivity contribution in [2.24, 2.45) is 5.92 Å². The van der Waals surface area contributed by atoms with Crippen LogP contribution in [0.1, 0.15) is 44.1 Å². The molecule has 3 N–H and O–H groups in total. The van der Waals surface area contributed by atoms with Gasteiger partial charge in [-0.15, -0.1) is 0 Å². The molecule has 6 nitrogen and oxygen atoms in total. The summed E-state index contributed by atoms with van der Waals surface area (Å²) in [6, 6.07) is 9.39. The molecular formula is C20H28N2O4. The molecule has 0 aromatic heterocycles. The van der Waals surface area contributed by atoms with E-state index < -0.39 is 5.97 Å². The van der Waals surface area contributed by atoms with Crippen molar-refractivity contribution in [3.63, 3.8) is 0 Å². The van der Waals surface area contributed by atoms with Crippen LogP contribution in [0, 0.1) is 5.92 Å². The average Bonchev–Trinajstić information content (AvgIpc) is 3.23. The molecule has 1 aromatic rings. The first kappa shape index (κ1) is 18.7. The number of rotatable bonds is 9. The Kier molecular flexibility index (Phi) is 6.50. The van der Waals surface area contributed by atoms with E-state index in [4.69, 9.17) is 9.84 Å². The van der Waals surface area contributed by atoms with Gasteiger partial charge in [-0.1, -0.05) is 30.3 Å². The summed E-state index contributed by atoms with van der Waals surface area (Å²) in [5.41, 5.74) is 1.09. The lowest BCUT2D eigenvalue weighted by Crippen LogP contribution is -2.44. The Balaban J connectivity index is 1.42. The number of carbonyl (C=O) groups excluding carboxylic acids is 1. The molecule has 0 radical (unpaired) electrons. The lowest BCUT2D eigenvalue weighted by atomic mass is 9.87. The van der Waals surface area contributed by atoms with Crippen LogP contribution in [0.25, 0.3) is 0 Å². The molecule has 0 saturated carbocycles. The van der Waals surface area contributed by atoms with Crippen molar-refractivity contribution >= 4 is 12.0 Å². The summed E-state index contributed by atoms with van der Waals surface area (Å²) >= 11 is 0. The number of urea groups is 1. The molecule has 2 aliphatic heterocycles. The number of benzene rings is 1. The van der Waals surface area contributed by atoms with E-state index in [1.165, 1.54) is 6.42 Å². The molecule has 3 rings (SSSR count). The van der Waals surface area contributed by atoms with Gasteiger partial charge in [-0.25, -0.2) is 4.79 Å². The van der Waals surface area contributed by atoms with Crippen LogP contribution in [-0.2, 0) is 16.0 Å². The summed E-state index contributed by atoms with van der Waals surface area (Å²) in [5, 5.41) is 14.8. The van der Waals surface area contributed by atoms with E-state index in [9.17, 15) is 9.59 Å². The molecule has 2 fully saturated rings. The normalized spacial score (nSPS) is 25.0. The van der Waals surface area contributed by atoms with Gasteiger partial charge >= 0.3 is 12.0 Å². The smallest absolute Gasteiger partial charge is 0.315 e. The average molecular weight is 360 g/mol. The van der Waals surface area contributed by atoms with Gasteiger partial charge in [-0.3, -0.25) is 4.79 Å². The number of ether oxygens (including phenoxy) is 1. The van der Waals surface area contributed by atoms with Crippen molar-refractivity contribution in [1.82, 2.24) is 10.6 Å². The summed E-state index contributed by atoms with van der Waals surface area (Å²) in [6.45, 7) is 0.625. The number of hydrogen-bond donors (Lipinski definition) is 3. The Morgan fingerprint density at radius 2 is 2.04 bits per heavy atom. The van der Waals surface area contributed by atoms with Crippen LogP contribution in [0.4, 0.5) is 4.79 Å². The summed E-state index contributed by atoms with van der Waals surface area (Å²) < 4.78 is 5.84. The number of nitrogens with one attached hydrogen (secondary N) is 2. The van der Waals surface area contributed by atoms with E-state index >= 15 is 0 Å². The second-order valence-corrected chi connectivity index (χ2v) is 7.38. The number of carboxylic acid groups (broad SMARTS) is 1. The first-order chi connectivity index (χ1) is 12.6. The standard InChI is InChI=1S/C20H28N2O4/c23-19(24)9-6-16(12-14-4-2-1-3-5-14)22-20(25)21-11-10-15-13-17-7-8-18(15)26-17/h1-5,15-18H,6-13H2,(H,23,24)(H2,21,22,25). The highest BCUT2D eigenvalue weighted by Crippen LogP contribution is 2.40. The highest BCUT2D eigenvalue weighted by atomic mass is 16.5. The van der Waals surface area contributed by atoms with E-state index in [1.807, 2.05) is 30.3 Å². The van der Waals surface area contributed by atoms with Gasteiger partial charge in [-0.2, -0.15) is 0 Å². The topological polar surface area (TPSA) is 87.7 Å². The Morgan fingerprint density at radius 1 is 1.23 bits per heavy atom. The summed E-state index contributed by atoms with van der Waals surface area (Å²) in [6.07, 6.45) is 6.28. The maximum atomic E-state index is 12.2.